The van der Waals surface area contributed by atoms with Crippen molar-refractivity contribution in [2.45, 2.75) is 30.7 Å². The van der Waals surface area contributed by atoms with Gasteiger partial charge in [0.2, 0.25) is 10.0 Å². The Labute approximate surface area is 129 Å². The van der Waals surface area contributed by atoms with Crippen LogP contribution in [-0.4, -0.2) is 37.7 Å². The SMILES string of the molecule is C[C@@H](CC#N)NS(=O)(=O)c1cnc(NCCCO)c(Cl)c1. The number of nitriles is 1. The standard InChI is InChI=1S/C12H17ClN4O3S/c1-9(3-4-14)17-21(19,20)10-7-11(13)12(16-8-10)15-5-2-6-18/h7-9,17-18H,2-3,5-6H2,1H3,(H,15,16)/t9-/m0/s1. The predicted octanol–water partition coefficient (Wildman–Crippen LogP) is 1.11. The Morgan fingerprint density at radius 3 is 2.86 bits per heavy atom. The Balaban J connectivity index is 2.85. The molecule has 0 saturated carbocycles. The highest BCUT2D eigenvalue weighted by Crippen LogP contribution is 2.22. The number of nitrogens with one attached hydrogen (secondary N) is 2. The van der Waals surface area contributed by atoms with Crippen LogP contribution < -0.4 is 10.0 Å². The van der Waals surface area contributed by atoms with E-state index >= 15 is 0 Å². The summed E-state index contributed by atoms with van der Waals surface area (Å²) in [6.07, 6.45) is 1.79. The van der Waals surface area contributed by atoms with Gasteiger partial charge in [-0.25, -0.2) is 18.1 Å². The largest absolute Gasteiger partial charge is 0.396 e. The van der Waals surface area contributed by atoms with Crippen molar-refractivity contribution in [2.24, 2.45) is 0 Å². The van der Waals surface area contributed by atoms with E-state index in [0.717, 1.165) is 0 Å². The zero-order valence-corrected chi connectivity index (χ0v) is 13.1. The maximum Gasteiger partial charge on any atom is 0.242 e. The Hall–Kier alpha value is -1.40. The van der Waals surface area contributed by atoms with Gasteiger partial charge in [-0.3, -0.25) is 0 Å². The molecular weight excluding hydrogens is 316 g/mol. The van der Waals surface area contributed by atoms with Crippen LogP contribution in [0.3, 0.4) is 0 Å². The van der Waals surface area contributed by atoms with Crippen LogP contribution in [0.2, 0.25) is 5.02 Å². The molecule has 0 aliphatic rings. The Morgan fingerprint density at radius 1 is 1.57 bits per heavy atom. The van der Waals surface area contributed by atoms with Crippen LogP contribution in [0.4, 0.5) is 5.82 Å². The third kappa shape index (κ3) is 5.47. The summed E-state index contributed by atoms with van der Waals surface area (Å²) in [5.41, 5.74) is 0. The van der Waals surface area contributed by atoms with Crippen molar-refractivity contribution in [1.82, 2.24) is 9.71 Å². The molecule has 116 valence electrons. The summed E-state index contributed by atoms with van der Waals surface area (Å²) in [6.45, 7) is 2.12. The second-order valence-electron chi connectivity index (χ2n) is 4.39. The molecule has 1 rings (SSSR count). The summed E-state index contributed by atoms with van der Waals surface area (Å²) < 4.78 is 26.5. The Morgan fingerprint density at radius 2 is 2.29 bits per heavy atom. The first-order chi connectivity index (χ1) is 9.90. The molecule has 1 heterocycles. The lowest BCUT2D eigenvalue weighted by Crippen LogP contribution is -2.32. The first kappa shape index (κ1) is 17.7. The molecule has 3 N–H and O–H groups in total. The minimum atomic E-state index is -3.76. The fourth-order valence-electron chi connectivity index (χ4n) is 1.49. The van der Waals surface area contributed by atoms with Crippen LogP contribution >= 0.6 is 11.6 Å². The number of pyridine rings is 1. The molecule has 1 aromatic heterocycles. The van der Waals surface area contributed by atoms with Gasteiger partial charge < -0.3 is 10.4 Å². The quantitative estimate of drug-likeness (QED) is 0.614. The minimum absolute atomic E-state index is 0.0395. The number of anilines is 1. The molecule has 1 atom stereocenters. The molecule has 0 spiro atoms. The molecule has 0 saturated heterocycles. The van der Waals surface area contributed by atoms with Crippen molar-refractivity contribution in [3.8, 4) is 6.07 Å². The van der Waals surface area contributed by atoms with Gasteiger partial charge in [0, 0.05) is 25.4 Å². The summed E-state index contributed by atoms with van der Waals surface area (Å²) in [6, 6.07) is 2.68. The van der Waals surface area contributed by atoms with Gasteiger partial charge in [0.25, 0.3) is 0 Å². The maximum atomic E-state index is 12.1. The van der Waals surface area contributed by atoms with Crippen LogP contribution in [0, 0.1) is 11.3 Å². The van der Waals surface area contributed by atoms with E-state index in [-0.39, 0.29) is 22.9 Å². The zero-order valence-electron chi connectivity index (χ0n) is 11.5. The number of nitrogens with zero attached hydrogens (tertiary/aromatic N) is 2. The number of hydrogen-bond acceptors (Lipinski definition) is 6. The molecule has 0 amide bonds. The number of aliphatic hydroxyl groups is 1. The van der Waals surface area contributed by atoms with Crippen molar-refractivity contribution >= 4 is 27.4 Å². The number of rotatable bonds is 8. The fourth-order valence-corrected chi connectivity index (χ4v) is 3.01. The van der Waals surface area contributed by atoms with Gasteiger partial charge in [0.05, 0.1) is 17.5 Å². The predicted molar refractivity (Wildman–Crippen MR) is 79.5 cm³/mol. The number of aromatic nitrogens is 1. The Bertz CT molecular complexity index is 615. The second kappa shape index (κ2) is 8.14. The number of halogens is 1. The highest BCUT2D eigenvalue weighted by molar-refractivity contribution is 7.89. The normalized spacial score (nSPS) is 12.7. The molecule has 9 heteroatoms. The summed E-state index contributed by atoms with van der Waals surface area (Å²) in [5, 5.41) is 20.3. The second-order valence-corrected chi connectivity index (χ2v) is 6.51. The van der Waals surface area contributed by atoms with E-state index in [1.54, 1.807) is 6.92 Å². The van der Waals surface area contributed by atoms with E-state index < -0.39 is 16.1 Å². The lowest BCUT2D eigenvalue weighted by Gasteiger charge is -2.12. The van der Waals surface area contributed by atoms with E-state index in [9.17, 15) is 8.42 Å². The van der Waals surface area contributed by atoms with Gasteiger partial charge in [-0.05, 0) is 19.4 Å². The van der Waals surface area contributed by atoms with E-state index in [2.05, 4.69) is 15.0 Å². The topological polar surface area (TPSA) is 115 Å². The average molecular weight is 333 g/mol. The third-order valence-corrected chi connectivity index (χ3v) is 4.35. The maximum absolute atomic E-state index is 12.1. The lowest BCUT2D eigenvalue weighted by atomic mass is 10.3. The highest BCUT2D eigenvalue weighted by atomic mass is 35.5. The molecular formula is C12H17ClN4O3S. The molecule has 0 aromatic carbocycles. The van der Waals surface area contributed by atoms with Gasteiger partial charge >= 0.3 is 0 Å². The molecule has 0 unspecified atom stereocenters. The number of hydrogen-bond donors (Lipinski definition) is 3. The van der Waals surface area contributed by atoms with Crippen molar-refractivity contribution < 1.29 is 13.5 Å². The molecule has 21 heavy (non-hydrogen) atoms. The van der Waals surface area contributed by atoms with Crippen LogP contribution in [0.25, 0.3) is 0 Å². The lowest BCUT2D eigenvalue weighted by molar-refractivity contribution is 0.292. The minimum Gasteiger partial charge on any atom is -0.396 e. The van der Waals surface area contributed by atoms with Gasteiger partial charge in [0.1, 0.15) is 10.7 Å². The number of sulfonamides is 1. The molecule has 7 nitrogen and oxygen atoms in total. The van der Waals surface area contributed by atoms with Gasteiger partial charge in [0.15, 0.2) is 0 Å². The first-order valence-electron chi connectivity index (χ1n) is 6.30. The fraction of sp³-hybridized carbons (Fsp3) is 0.500. The summed E-state index contributed by atoms with van der Waals surface area (Å²) in [5.74, 6) is 0.356. The average Bonchev–Trinajstić information content (AvgIpc) is 2.40. The molecule has 0 bridgehead atoms. The monoisotopic (exact) mass is 332 g/mol. The van der Waals surface area contributed by atoms with Gasteiger partial charge in [-0.1, -0.05) is 11.6 Å². The highest BCUT2D eigenvalue weighted by Gasteiger charge is 2.19. The molecule has 1 aromatic rings. The smallest absolute Gasteiger partial charge is 0.242 e. The van der Waals surface area contributed by atoms with Gasteiger partial charge in [-0.2, -0.15) is 5.26 Å². The van der Waals surface area contributed by atoms with Crippen molar-refractivity contribution in [3.63, 3.8) is 0 Å². The number of aliphatic hydroxyl groups excluding tert-OH is 1. The van der Waals surface area contributed by atoms with Crippen molar-refractivity contribution in [3.05, 3.63) is 17.3 Å². The molecule has 0 aliphatic carbocycles. The Kier molecular flexibility index (Phi) is 6.84. The van der Waals surface area contributed by atoms with Crippen LogP contribution in [0.1, 0.15) is 19.8 Å². The van der Waals surface area contributed by atoms with E-state index in [4.69, 9.17) is 22.0 Å². The summed E-state index contributed by atoms with van der Waals surface area (Å²) >= 11 is 5.98. The van der Waals surface area contributed by atoms with Crippen molar-refractivity contribution in [2.75, 3.05) is 18.5 Å². The van der Waals surface area contributed by atoms with Crippen molar-refractivity contribution in [1.29, 1.82) is 5.26 Å². The van der Waals surface area contributed by atoms with E-state index in [0.29, 0.717) is 18.8 Å². The summed E-state index contributed by atoms with van der Waals surface area (Å²) in [4.78, 5) is 3.90. The summed E-state index contributed by atoms with van der Waals surface area (Å²) in [7, 11) is -3.76. The third-order valence-electron chi connectivity index (χ3n) is 2.51. The molecule has 0 aliphatic heterocycles. The van der Waals surface area contributed by atoms with E-state index in [1.165, 1.54) is 12.3 Å². The van der Waals surface area contributed by atoms with Gasteiger partial charge in [-0.15, -0.1) is 0 Å². The van der Waals surface area contributed by atoms with E-state index in [1.807, 2.05) is 6.07 Å². The van der Waals surface area contributed by atoms with Crippen LogP contribution in [0.5, 0.6) is 0 Å². The first-order valence-corrected chi connectivity index (χ1v) is 8.16. The van der Waals surface area contributed by atoms with Crippen LogP contribution in [-0.2, 0) is 10.0 Å². The molecule has 0 radical (unpaired) electrons. The van der Waals surface area contributed by atoms with Crippen LogP contribution in [0.15, 0.2) is 17.2 Å². The molecule has 0 fully saturated rings. The zero-order chi connectivity index (χ0) is 15.9.